The second kappa shape index (κ2) is 8.05. The van der Waals surface area contributed by atoms with Crippen LogP contribution in [-0.4, -0.2) is 27.3 Å². The molecule has 1 aromatic carbocycles. The molecule has 0 bridgehead atoms. The lowest BCUT2D eigenvalue weighted by molar-refractivity contribution is 0.354. The van der Waals surface area contributed by atoms with Crippen LogP contribution < -0.4 is 14.8 Å². The minimum Gasteiger partial charge on any atom is -0.493 e. The Morgan fingerprint density at radius 2 is 1.84 bits per heavy atom. The number of methoxy groups -OCH3 is 2. The summed E-state index contributed by atoms with van der Waals surface area (Å²) in [6.07, 6.45) is 3.44. The second-order valence-electron chi connectivity index (χ2n) is 5.13. The molecule has 0 aromatic heterocycles. The van der Waals surface area contributed by atoms with E-state index in [-0.39, 0.29) is 0 Å². The molecule has 2 unspecified atom stereocenters. The first kappa shape index (κ1) is 15.8. The van der Waals surface area contributed by atoms with Crippen molar-refractivity contribution in [2.45, 2.75) is 39.2 Å². The number of ether oxygens (including phenoxy) is 2. The summed E-state index contributed by atoms with van der Waals surface area (Å²) >= 11 is 0. The zero-order valence-electron chi connectivity index (χ0n) is 12.8. The van der Waals surface area contributed by atoms with Gasteiger partial charge < -0.3 is 14.8 Å². The fraction of sp³-hybridized carbons (Fsp3) is 0.625. The Hall–Kier alpha value is -1.22. The van der Waals surface area contributed by atoms with Crippen molar-refractivity contribution >= 4 is 0 Å². The van der Waals surface area contributed by atoms with E-state index in [2.05, 4.69) is 31.3 Å². The molecule has 3 heteroatoms. The van der Waals surface area contributed by atoms with Crippen LogP contribution in [0.1, 0.15) is 32.3 Å². The lowest BCUT2D eigenvalue weighted by atomic mass is 9.94. The zero-order valence-corrected chi connectivity index (χ0v) is 12.8. The van der Waals surface area contributed by atoms with Crippen molar-refractivity contribution in [1.29, 1.82) is 0 Å². The van der Waals surface area contributed by atoms with Crippen molar-refractivity contribution in [2.75, 3.05) is 21.3 Å². The van der Waals surface area contributed by atoms with Crippen molar-refractivity contribution < 1.29 is 9.47 Å². The van der Waals surface area contributed by atoms with Gasteiger partial charge in [-0.1, -0.05) is 26.3 Å². The highest BCUT2D eigenvalue weighted by atomic mass is 16.5. The van der Waals surface area contributed by atoms with Gasteiger partial charge in [0.05, 0.1) is 14.2 Å². The first-order valence-corrected chi connectivity index (χ1v) is 7.02. The van der Waals surface area contributed by atoms with Crippen LogP contribution in [0.3, 0.4) is 0 Å². The minimum atomic E-state index is 0.507. The van der Waals surface area contributed by atoms with Gasteiger partial charge in [-0.3, -0.25) is 0 Å². The molecule has 0 spiro atoms. The molecule has 0 radical (unpaired) electrons. The number of hydrogen-bond donors (Lipinski definition) is 1. The van der Waals surface area contributed by atoms with Crippen LogP contribution in [0.5, 0.6) is 11.5 Å². The van der Waals surface area contributed by atoms with E-state index in [4.69, 9.17) is 9.47 Å². The van der Waals surface area contributed by atoms with Crippen LogP contribution in [0.25, 0.3) is 0 Å². The third kappa shape index (κ3) is 4.75. The maximum absolute atomic E-state index is 5.35. The number of rotatable bonds is 8. The van der Waals surface area contributed by atoms with Gasteiger partial charge in [0, 0.05) is 6.04 Å². The molecule has 0 saturated heterocycles. The van der Waals surface area contributed by atoms with Crippen molar-refractivity contribution in [3.63, 3.8) is 0 Å². The highest BCUT2D eigenvalue weighted by Crippen LogP contribution is 2.28. The van der Waals surface area contributed by atoms with E-state index in [1.807, 2.05) is 13.1 Å². The minimum absolute atomic E-state index is 0.507. The summed E-state index contributed by atoms with van der Waals surface area (Å²) in [7, 11) is 5.38. The molecule has 0 heterocycles. The number of hydrogen-bond acceptors (Lipinski definition) is 3. The average molecular weight is 265 g/mol. The predicted molar refractivity (Wildman–Crippen MR) is 80.2 cm³/mol. The molecule has 3 nitrogen and oxygen atoms in total. The van der Waals surface area contributed by atoms with Gasteiger partial charge in [0.2, 0.25) is 0 Å². The SMILES string of the molecule is CCC(C)CC(Cc1ccc(OC)c(OC)c1)NC. The Kier molecular flexibility index (Phi) is 6.71. The molecule has 0 aliphatic rings. The standard InChI is InChI=1S/C16H27NO2/c1-6-12(2)9-14(17-3)10-13-7-8-15(18-4)16(11-13)19-5/h7-8,11-12,14,17H,6,9-10H2,1-5H3. The number of nitrogens with one attached hydrogen (secondary N) is 1. The zero-order chi connectivity index (χ0) is 14.3. The molecule has 2 atom stereocenters. The number of likely N-dealkylation sites (N-methyl/N-ethyl adjacent to an activating group) is 1. The van der Waals surface area contributed by atoms with Crippen molar-refractivity contribution in [2.24, 2.45) is 5.92 Å². The number of benzene rings is 1. The third-order valence-corrected chi connectivity index (χ3v) is 3.72. The monoisotopic (exact) mass is 265 g/mol. The highest BCUT2D eigenvalue weighted by Gasteiger charge is 2.12. The van der Waals surface area contributed by atoms with Gasteiger partial charge in [-0.15, -0.1) is 0 Å². The van der Waals surface area contributed by atoms with E-state index in [0.717, 1.165) is 23.8 Å². The first-order chi connectivity index (χ1) is 9.14. The van der Waals surface area contributed by atoms with Gasteiger partial charge in [-0.2, -0.15) is 0 Å². The largest absolute Gasteiger partial charge is 0.493 e. The molecular formula is C16H27NO2. The highest BCUT2D eigenvalue weighted by molar-refractivity contribution is 5.43. The lowest BCUT2D eigenvalue weighted by Gasteiger charge is -2.20. The van der Waals surface area contributed by atoms with Gasteiger partial charge in [-0.05, 0) is 43.5 Å². The van der Waals surface area contributed by atoms with E-state index in [9.17, 15) is 0 Å². The van der Waals surface area contributed by atoms with E-state index in [1.54, 1.807) is 14.2 Å². The molecule has 19 heavy (non-hydrogen) atoms. The summed E-state index contributed by atoms with van der Waals surface area (Å²) in [5, 5.41) is 3.41. The fourth-order valence-electron chi connectivity index (χ4n) is 2.25. The van der Waals surface area contributed by atoms with Crippen LogP contribution in [-0.2, 0) is 6.42 Å². The predicted octanol–water partition coefficient (Wildman–Crippen LogP) is 3.27. The van der Waals surface area contributed by atoms with Gasteiger partial charge in [0.15, 0.2) is 11.5 Å². The third-order valence-electron chi connectivity index (χ3n) is 3.72. The maximum atomic E-state index is 5.35. The molecule has 0 amide bonds. The molecule has 0 aliphatic carbocycles. The summed E-state index contributed by atoms with van der Waals surface area (Å²) in [5.41, 5.74) is 1.28. The van der Waals surface area contributed by atoms with Gasteiger partial charge in [0.25, 0.3) is 0 Å². The van der Waals surface area contributed by atoms with E-state index >= 15 is 0 Å². The average Bonchev–Trinajstić information content (AvgIpc) is 2.45. The Morgan fingerprint density at radius 3 is 2.37 bits per heavy atom. The van der Waals surface area contributed by atoms with Crippen LogP contribution in [0.4, 0.5) is 0 Å². The summed E-state index contributed by atoms with van der Waals surface area (Å²) < 4.78 is 10.6. The van der Waals surface area contributed by atoms with Crippen molar-refractivity contribution in [3.8, 4) is 11.5 Å². The molecule has 1 rings (SSSR count). The molecule has 1 N–H and O–H groups in total. The molecule has 1 aromatic rings. The molecule has 0 fully saturated rings. The Bertz CT molecular complexity index is 379. The first-order valence-electron chi connectivity index (χ1n) is 7.02. The van der Waals surface area contributed by atoms with Crippen molar-refractivity contribution in [3.05, 3.63) is 23.8 Å². The lowest BCUT2D eigenvalue weighted by Crippen LogP contribution is -2.29. The quantitative estimate of drug-likeness (QED) is 0.782. The van der Waals surface area contributed by atoms with E-state index in [0.29, 0.717) is 6.04 Å². The molecule has 0 saturated carbocycles. The smallest absolute Gasteiger partial charge is 0.160 e. The molecule has 0 aliphatic heterocycles. The van der Waals surface area contributed by atoms with Crippen LogP contribution in [0, 0.1) is 5.92 Å². The maximum Gasteiger partial charge on any atom is 0.160 e. The van der Waals surface area contributed by atoms with Gasteiger partial charge >= 0.3 is 0 Å². The van der Waals surface area contributed by atoms with Crippen LogP contribution in [0.2, 0.25) is 0 Å². The Morgan fingerprint density at radius 1 is 1.16 bits per heavy atom. The summed E-state index contributed by atoms with van der Waals surface area (Å²) in [6.45, 7) is 4.55. The molecular weight excluding hydrogens is 238 g/mol. The van der Waals surface area contributed by atoms with Gasteiger partial charge in [0.1, 0.15) is 0 Å². The normalized spacial score (nSPS) is 13.9. The van der Waals surface area contributed by atoms with Crippen LogP contribution >= 0.6 is 0 Å². The van der Waals surface area contributed by atoms with Crippen LogP contribution in [0.15, 0.2) is 18.2 Å². The van der Waals surface area contributed by atoms with Crippen molar-refractivity contribution in [1.82, 2.24) is 5.32 Å². The van der Waals surface area contributed by atoms with Gasteiger partial charge in [-0.25, -0.2) is 0 Å². The fourth-order valence-corrected chi connectivity index (χ4v) is 2.25. The summed E-state index contributed by atoms with van der Waals surface area (Å²) in [4.78, 5) is 0. The van der Waals surface area contributed by atoms with E-state index < -0.39 is 0 Å². The second-order valence-corrected chi connectivity index (χ2v) is 5.13. The topological polar surface area (TPSA) is 30.5 Å². The van der Waals surface area contributed by atoms with E-state index in [1.165, 1.54) is 18.4 Å². The molecule has 108 valence electrons. The summed E-state index contributed by atoms with van der Waals surface area (Å²) in [6, 6.07) is 6.67. The Labute approximate surface area is 117 Å². The summed E-state index contributed by atoms with van der Waals surface area (Å²) in [5.74, 6) is 2.34. The Balaban J connectivity index is 2.74.